The van der Waals surface area contributed by atoms with Crippen molar-refractivity contribution in [2.24, 2.45) is 5.73 Å². The van der Waals surface area contributed by atoms with Crippen LogP contribution < -0.4 is 10.5 Å². The molecule has 0 atom stereocenters. The molecule has 0 aromatic heterocycles. The van der Waals surface area contributed by atoms with Crippen LogP contribution in [0.2, 0.25) is 5.02 Å². The number of methoxy groups -OCH3 is 1. The van der Waals surface area contributed by atoms with Crippen LogP contribution in [-0.4, -0.2) is 13.7 Å². The second-order valence-electron chi connectivity index (χ2n) is 4.08. The first-order valence-electron chi connectivity index (χ1n) is 5.82. The van der Waals surface area contributed by atoms with Crippen LogP contribution in [0.3, 0.4) is 0 Å². The number of benzene rings is 1. The van der Waals surface area contributed by atoms with Gasteiger partial charge in [-0.3, -0.25) is 0 Å². The molecular formula is C14H20ClNO. The van der Waals surface area contributed by atoms with Gasteiger partial charge in [-0.15, -0.1) is 0 Å². The van der Waals surface area contributed by atoms with Gasteiger partial charge in [-0.05, 0) is 50.4 Å². The zero-order valence-corrected chi connectivity index (χ0v) is 11.5. The van der Waals surface area contributed by atoms with E-state index in [1.807, 2.05) is 19.9 Å². The van der Waals surface area contributed by atoms with Gasteiger partial charge in [-0.25, -0.2) is 0 Å². The topological polar surface area (TPSA) is 35.2 Å². The highest BCUT2D eigenvalue weighted by molar-refractivity contribution is 6.32. The van der Waals surface area contributed by atoms with E-state index < -0.39 is 0 Å². The number of ether oxygens (including phenoxy) is 1. The van der Waals surface area contributed by atoms with Crippen molar-refractivity contribution in [1.82, 2.24) is 0 Å². The van der Waals surface area contributed by atoms with Gasteiger partial charge in [-0.2, -0.15) is 0 Å². The maximum absolute atomic E-state index is 6.24. The van der Waals surface area contributed by atoms with E-state index in [9.17, 15) is 0 Å². The average Bonchev–Trinajstić information content (AvgIpc) is 2.33. The molecule has 0 saturated carbocycles. The molecule has 0 aliphatic heterocycles. The maximum Gasteiger partial charge on any atom is 0.126 e. The third-order valence-corrected chi connectivity index (χ3v) is 3.35. The highest BCUT2D eigenvalue weighted by Crippen LogP contribution is 2.32. The van der Waals surface area contributed by atoms with Crippen LogP contribution in [0.1, 0.15) is 29.5 Å². The molecule has 0 saturated heterocycles. The van der Waals surface area contributed by atoms with Gasteiger partial charge in [0.15, 0.2) is 0 Å². The lowest BCUT2D eigenvalue weighted by Gasteiger charge is -2.12. The van der Waals surface area contributed by atoms with E-state index in [0.717, 1.165) is 46.8 Å². The highest BCUT2D eigenvalue weighted by Gasteiger charge is 2.09. The lowest BCUT2D eigenvalue weighted by atomic mass is 10.0. The standard InChI is InChI=1S/C14H20ClNO/c1-10-9-13(17-3)12(11(2)14(10)15)7-5-4-6-8-16/h5,7,9H,4,6,8,16H2,1-3H3/b7-5+. The summed E-state index contributed by atoms with van der Waals surface area (Å²) in [4.78, 5) is 0. The average molecular weight is 254 g/mol. The molecule has 1 rings (SSSR count). The van der Waals surface area contributed by atoms with Crippen molar-refractivity contribution in [3.8, 4) is 5.75 Å². The Balaban J connectivity index is 3.04. The van der Waals surface area contributed by atoms with Crippen LogP contribution in [0.25, 0.3) is 6.08 Å². The first-order valence-corrected chi connectivity index (χ1v) is 6.20. The third kappa shape index (κ3) is 3.48. The number of nitrogens with two attached hydrogens (primary N) is 1. The predicted octanol–water partition coefficient (Wildman–Crippen LogP) is 3.72. The van der Waals surface area contributed by atoms with Gasteiger partial charge in [0.2, 0.25) is 0 Å². The molecule has 0 heterocycles. The summed E-state index contributed by atoms with van der Waals surface area (Å²) in [5, 5.41) is 0.810. The van der Waals surface area contributed by atoms with Gasteiger partial charge >= 0.3 is 0 Å². The van der Waals surface area contributed by atoms with E-state index in [2.05, 4.69) is 12.2 Å². The fourth-order valence-electron chi connectivity index (χ4n) is 1.75. The minimum atomic E-state index is 0.717. The molecular weight excluding hydrogens is 234 g/mol. The number of rotatable bonds is 5. The second-order valence-corrected chi connectivity index (χ2v) is 4.46. The van der Waals surface area contributed by atoms with Crippen molar-refractivity contribution in [1.29, 1.82) is 0 Å². The van der Waals surface area contributed by atoms with Gasteiger partial charge < -0.3 is 10.5 Å². The number of hydrogen-bond donors (Lipinski definition) is 1. The zero-order valence-electron chi connectivity index (χ0n) is 10.7. The second kappa shape index (κ2) is 6.67. The van der Waals surface area contributed by atoms with Crippen molar-refractivity contribution >= 4 is 17.7 Å². The normalized spacial score (nSPS) is 11.1. The van der Waals surface area contributed by atoms with Gasteiger partial charge in [0.25, 0.3) is 0 Å². The van der Waals surface area contributed by atoms with Gasteiger partial charge in [0.1, 0.15) is 5.75 Å². The third-order valence-electron chi connectivity index (χ3n) is 2.77. The maximum atomic E-state index is 6.24. The van der Waals surface area contributed by atoms with Crippen LogP contribution in [0, 0.1) is 13.8 Å². The smallest absolute Gasteiger partial charge is 0.126 e. The summed E-state index contributed by atoms with van der Waals surface area (Å²) >= 11 is 6.24. The number of halogens is 1. The molecule has 1 aromatic carbocycles. The van der Waals surface area contributed by atoms with Crippen LogP contribution in [-0.2, 0) is 0 Å². The molecule has 0 aliphatic rings. The molecule has 0 radical (unpaired) electrons. The van der Waals surface area contributed by atoms with Crippen molar-refractivity contribution in [3.63, 3.8) is 0 Å². The fourth-order valence-corrected chi connectivity index (χ4v) is 1.91. The molecule has 1 aromatic rings. The molecule has 0 fully saturated rings. The first-order chi connectivity index (χ1) is 8.11. The molecule has 0 amide bonds. The van der Waals surface area contributed by atoms with E-state index >= 15 is 0 Å². The summed E-state index contributed by atoms with van der Waals surface area (Å²) in [5.74, 6) is 0.869. The van der Waals surface area contributed by atoms with E-state index in [0.29, 0.717) is 0 Å². The molecule has 3 heteroatoms. The van der Waals surface area contributed by atoms with Gasteiger partial charge in [0.05, 0.1) is 7.11 Å². The first kappa shape index (κ1) is 14.1. The molecule has 17 heavy (non-hydrogen) atoms. The number of unbranched alkanes of at least 4 members (excludes halogenated alkanes) is 1. The molecule has 0 bridgehead atoms. The summed E-state index contributed by atoms with van der Waals surface area (Å²) in [7, 11) is 1.68. The zero-order chi connectivity index (χ0) is 12.8. The SMILES string of the molecule is COc1cc(C)c(Cl)c(C)c1/C=C/CCCN. The molecule has 2 N–H and O–H groups in total. The molecule has 0 unspecified atom stereocenters. The molecule has 0 spiro atoms. The number of aryl methyl sites for hydroxylation is 1. The van der Waals surface area contributed by atoms with Crippen molar-refractivity contribution in [2.45, 2.75) is 26.7 Å². The Hall–Kier alpha value is -0.990. The van der Waals surface area contributed by atoms with Gasteiger partial charge in [0, 0.05) is 10.6 Å². The molecule has 0 aliphatic carbocycles. The predicted molar refractivity (Wildman–Crippen MR) is 74.8 cm³/mol. The van der Waals surface area contributed by atoms with Crippen LogP contribution in [0.15, 0.2) is 12.1 Å². The number of allylic oxidation sites excluding steroid dienone is 1. The lowest BCUT2D eigenvalue weighted by Crippen LogP contribution is -1.96. The Morgan fingerprint density at radius 1 is 1.41 bits per heavy atom. The van der Waals surface area contributed by atoms with Crippen LogP contribution in [0.4, 0.5) is 0 Å². The summed E-state index contributed by atoms with van der Waals surface area (Å²) in [6, 6.07) is 1.97. The van der Waals surface area contributed by atoms with E-state index in [1.54, 1.807) is 7.11 Å². The minimum absolute atomic E-state index is 0.717. The highest BCUT2D eigenvalue weighted by atomic mass is 35.5. The Morgan fingerprint density at radius 2 is 2.12 bits per heavy atom. The van der Waals surface area contributed by atoms with E-state index in [-0.39, 0.29) is 0 Å². The Kier molecular flexibility index (Phi) is 5.52. The van der Waals surface area contributed by atoms with Gasteiger partial charge in [-0.1, -0.05) is 23.8 Å². The monoisotopic (exact) mass is 253 g/mol. The number of hydrogen-bond acceptors (Lipinski definition) is 2. The fraction of sp³-hybridized carbons (Fsp3) is 0.429. The van der Waals surface area contributed by atoms with Crippen molar-refractivity contribution in [2.75, 3.05) is 13.7 Å². The Morgan fingerprint density at radius 3 is 2.71 bits per heavy atom. The summed E-state index contributed by atoms with van der Waals surface area (Å²) in [5.41, 5.74) is 8.62. The Labute approximate surface area is 108 Å². The summed E-state index contributed by atoms with van der Waals surface area (Å²) in [6.07, 6.45) is 6.15. The Bertz CT molecular complexity index is 413. The van der Waals surface area contributed by atoms with Crippen molar-refractivity contribution < 1.29 is 4.74 Å². The summed E-state index contributed by atoms with van der Waals surface area (Å²) < 4.78 is 5.38. The van der Waals surface area contributed by atoms with E-state index in [1.165, 1.54) is 0 Å². The van der Waals surface area contributed by atoms with E-state index in [4.69, 9.17) is 22.1 Å². The molecule has 94 valence electrons. The molecule has 2 nitrogen and oxygen atoms in total. The van der Waals surface area contributed by atoms with Crippen molar-refractivity contribution in [3.05, 3.63) is 33.9 Å². The minimum Gasteiger partial charge on any atom is -0.496 e. The van der Waals surface area contributed by atoms with Crippen LogP contribution >= 0.6 is 11.6 Å². The van der Waals surface area contributed by atoms with Crippen LogP contribution in [0.5, 0.6) is 5.75 Å². The quantitative estimate of drug-likeness (QED) is 0.812. The largest absolute Gasteiger partial charge is 0.496 e. The summed E-state index contributed by atoms with van der Waals surface area (Å²) in [6.45, 7) is 4.72. The lowest BCUT2D eigenvalue weighted by molar-refractivity contribution is 0.413.